The van der Waals surface area contributed by atoms with E-state index in [0.717, 1.165) is 25.2 Å². The van der Waals surface area contributed by atoms with Crippen molar-refractivity contribution in [2.75, 3.05) is 50.4 Å². The quantitative estimate of drug-likeness (QED) is 0.747. The Morgan fingerprint density at radius 2 is 1.96 bits per heavy atom. The lowest BCUT2D eigenvalue weighted by Gasteiger charge is -2.36. The summed E-state index contributed by atoms with van der Waals surface area (Å²) in [4.78, 5) is 16.3. The van der Waals surface area contributed by atoms with Gasteiger partial charge in [0, 0.05) is 52.4 Å². The van der Waals surface area contributed by atoms with E-state index in [1.807, 2.05) is 11.6 Å². The number of piperazine rings is 1. The molecule has 0 spiro atoms. The Labute approximate surface area is 154 Å². The summed E-state index contributed by atoms with van der Waals surface area (Å²) in [5.74, 6) is 0.802. The number of carbonyl (C=O) groups excluding carboxylic acids is 1. The van der Waals surface area contributed by atoms with Crippen LogP contribution < -0.4 is 10.2 Å². The Morgan fingerprint density at radius 1 is 1.23 bits per heavy atom. The molecule has 2 amide bonds. The molecule has 0 aromatic carbocycles. The average Bonchev–Trinajstić information content (AvgIpc) is 3.05. The van der Waals surface area contributed by atoms with Crippen LogP contribution in [0.5, 0.6) is 0 Å². The maximum Gasteiger partial charge on any atom is 0.317 e. The van der Waals surface area contributed by atoms with E-state index in [-0.39, 0.29) is 12.1 Å². The second kappa shape index (κ2) is 7.78. The maximum absolute atomic E-state index is 12.5. The molecule has 2 aliphatic rings. The lowest BCUT2D eigenvalue weighted by Crippen LogP contribution is -2.55. The summed E-state index contributed by atoms with van der Waals surface area (Å²) in [5, 5.41) is 10.9. The molecule has 146 valence electrons. The van der Waals surface area contributed by atoms with E-state index in [1.165, 1.54) is 10.6 Å². The van der Waals surface area contributed by atoms with Crippen LogP contribution in [0, 0.1) is 0 Å². The Hall–Kier alpha value is -1.88. The zero-order valence-corrected chi connectivity index (χ0v) is 16.2. The van der Waals surface area contributed by atoms with Crippen molar-refractivity contribution in [3.63, 3.8) is 0 Å². The fourth-order valence-corrected chi connectivity index (χ4v) is 4.79. The van der Waals surface area contributed by atoms with Gasteiger partial charge in [-0.05, 0) is 12.8 Å². The van der Waals surface area contributed by atoms with Crippen LogP contribution in [0.4, 0.5) is 10.7 Å². The third-order valence-electron chi connectivity index (χ3n) is 5.03. The van der Waals surface area contributed by atoms with Crippen molar-refractivity contribution < 1.29 is 13.2 Å². The molecule has 1 aromatic heterocycles. The van der Waals surface area contributed by atoms with Gasteiger partial charge in [-0.1, -0.05) is 6.42 Å². The Bertz CT molecular complexity index is 727. The van der Waals surface area contributed by atoms with Gasteiger partial charge in [-0.3, -0.25) is 0 Å². The molecule has 1 N–H and O–H groups in total. The van der Waals surface area contributed by atoms with Crippen molar-refractivity contribution in [1.82, 2.24) is 29.3 Å². The topological polar surface area (TPSA) is 104 Å². The number of rotatable bonds is 4. The van der Waals surface area contributed by atoms with E-state index < -0.39 is 10.0 Å². The molecule has 2 aliphatic heterocycles. The van der Waals surface area contributed by atoms with Crippen molar-refractivity contribution in [1.29, 1.82) is 0 Å². The Morgan fingerprint density at radius 3 is 2.58 bits per heavy atom. The van der Waals surface area contributed by atoms with Crippen LogP contribution in [0.15, 0.2) is 6.33 Å². The Kier molecular flexibility index (Phi) is 5.66. The van der Waals surface area contributed by atoms with Gasteiger partial charge in [0.25, 0.3) is 0 Å². The second-order valence-corrected chi connectivity index (χ2v) is 8.86. The minimum atomic E-state index is -3.24. The molecule has 0 saturated carbocycles. The molecule has 11 heteroatoms. The summed E-state index contributed by atoms with van der Waals surface area (Å²) in [6, 6.07) is -0.288. The highest BCUT2D eigenvalue weighted by Gasteiger charge is 2.30. The fourth-order valence-electron chi connectivity index (χ4n) is 3.60. The first-order valence-electron chi connectivity index (χ1n) is 8.95. The number of hydrogen-bond acceptors (Lipinski definition) is 6. The van der Waals surface area contributed by atoms with Gasteiger partial charge in [0.15, 0.2) is 0 Å². The third kappa shape index (κ3) is 4.26. The lowest BCUT2D eigenvalue weighted by atomic mass is 10.1. The summed E-state index contributed by atoms with van der Waals surface area (Å²) >= 11 is 0. The number of nitrogens with one attached hydrogen (secondary N) is 1. The first-order valence-corrected chi connectivity index (χ1v) is 10.8. The molecule has 2 fully saturated rings. The first-order chi connectivity index (χ1) is 12.4. The van der Waals surface area contributed by atoms with Crippen LogP contribution in [0.25, 0.3) is 0 Å². The number of aryl methyl sites for hydroxylation is 1. The average molecular weight is 385 g/mol. The van der Waals surface area contributed by atoms with E-state index in [1.54, 1.807) is 11.2 Å². The maximum atomic E-state index is 12.5. The smallest absolute Gasteiger partial charge is 0.317 e. The molecular formula is C15H27N7O3S. The van der Waals surface area contributed by atoms with E-state index in [9.17, 15) is 13.2 Å². The molecule has 0 aliphatic carbocycles. The number of carbonyl (C=O) groups is 1. The van der Waals surface area contributed by atoms with Crippen LogP contribution in [-0.4, -0.2) is 90.0 Å². The van der Waals surface area contributed by atoms with Crippen molar-refractivity contribution in [3.8, 4) is 0 Å². The van der Waals surface area contributed by atoms with Gasteiger partial charge >= 0.3 is 6.03 Å². The number of aromatic nitrogens is 3. The van der Waals surface area contributed by atoms with Crippen molar-refractivity contribution in [2.24, 2.45) is 7.05 Å². The second-order valence-electron chi connectivity index (χ2n) is 6.93. The molecular weight excluding hydrogens is 358 g/mol. The lowest BCUT2D eigenvalue weighted by molar-refractivity contribution is 0.186. The Balaban J connectivity index is 1.49. The highest BCUT2D eigenvalue weighted by Crippen LogP contribution is 2.19. The highest BCUT2D eigenvalue weighted by atomic mass is 32.2. The van der Waals surface area contributed by atoms with Gasteiger partial charge in [0.05, 0.1) is 6.26 Å². The number of amides is 2. The van der Waals surface area contributed by atoms with Crippen molar-refractivity contribution >= 4 is 22.0 Å². The fraction of sp³-hybridized carbons (Fsp3) is 0.800. The number of urea groups is 1. The van der Waals surface area contributed by atoms with Crippen LogP contribution in [0.2, 0.25) is 0 Å². The summed E-state index contributed by atoms with van der Waals surface area (Å²) in [5.41, 5.74) is 0. The zero-order chi connectivity index (χ0) is 18.7. The number of nitrogens with zero attached hydrogens (tertiary/aromatic N) is 6. The standard InChI is InChI=1S/C15H27N7O3S/c1-19-12-17-18-14(19)20-7-9-21(10-8-20)15(23)16-11-13-5-3-4-6-22(13)26(2,24)25/h12-13H,3-11H2,1-2H3,(H,16,23). The zero-order valence-electron chi connectivity index (χ0n) is 15.3. The van der Waals surface area contributed by atoms with Gasteiger partial charge in [-0.2, -0.15) is 4.31 Å². The predicted molar refractivity (Wildman–Crippen MR) is 97.4 cm³/mol. The molecule has 1 unspecified atom stereocenters. The van der Waals surface area contributed by atoms with Gasteiger partial charge < -0.3 is 19.7 Å². The molecule has 0 radical (unpaired) electrons. The van der Waals surface area contributed by atoms with E-state index in [4.69, 9.17) is 0 Å². The molecule has 3 heterocycles. The van der Waals surface area contributed by atoms with Gasteiger partial charge in [0.1, 0.15) is 6.33 Å². The van der Waals surface area contributed by atoms with E-state index in [0.29, 0.717) is 39.3 Å². The van der Waals surface area contributed by atoms with Crippen molar-refractivity contribution in [3.05, 3.63) is 6.33 Å². The van der Waals surface area contributed by atoms with Crippen molar-refractivity contribution in [2.45, 2.75) is 25.3 Å². The SMILES string of the molecule is Cn1cnnc1N1CCN(C(=O)NCC2CCCCN2S(C)(=O)=O)CC1. The summed E-state index contributed by atoms with van der Waals surface area (Å²) in [7, 11) is -1.34. The normalized spacial score (nSPS) is 22.5. The summed E-state index contributed by atoms with van der Waals surface area (Å²) < 4.78 is 27.2. The molecule has 2 saturated heterocycles. The van der Waals surface area contributed by atoms with E-state index in [2.05, 4.69) is 20.4 Å². The van der Waals surface area contributed by atoms with Crippen LogP contribution >= 0.6 is 0 Å². The number of piperidine rings is 1. The van der Waals surface area contributed by atoms with Gasteiger partial charge in [-0.25, -0.2) is 13.2 Å². The molecule has 10 nitrogen and oxygen atoms in total. The summed E-state index contributed by atoms with van der Waals surface area (Å²) in [6.45, 7) is 3.47. The van der Waals surface area contributed by atoms with Gasteiger partial charge in [-0.15, -0.1) is 10.2 Å². The largest absolute Gasteiger partial charge is 0.337 e. The summed E-state index contributed by atoms with van der Waals surface area (Å²) in [6.07, 6.45) is 5.54. The number of anilines is 1. The first kappa shape index (κ1) is 18.9. The molecule has 0 bridgehead atoms. The third-order valence-corrected chi connectivity index (χ3v) is 6.36. The van der Waals surface area contributed by atoms with Crippen LogP contribution in [0.3, 0.4) is 0 Å². The number of hydrogen-bond donors (Lipinski definition) is 1. The molecule has 1 aromatic rings. The van der Waals surface area contributed by atoms with Crippen LogP contribution in [-0.2, 0) is 17.1 Å². The highest BCUT2D eigenvalue weighted by molar-refractivity contribution is 7.88. The molecule has 1 atom stereocenters. The number of sulfonamides is 1. The molecule has 3 rings (SSSR count). The molecule has 26 heavy (non-hydrogen) atoms. The van der Waals surface area contributed by atoms with Gasteiger partial charge in [0.2, 0.25) is 16.0 Å². The predicted octanol–water partition coefficient (Wildman–Crippen LogP) is -0.539. The minimum Gasteiger partial charge on any atom is -0.337 e. The monoisotopic (exact) mass is 385 g/mol. The van der Waals surface area contributed by atoms with Crippen LogP contribution in [0.1, 0.15) is 19.3 Å². The van der Waals surface area contributed by atoms with E-state index >= 15 is 0 Å². The minimum absolute atomic E-state index is 0.137.